The Bertz CT molecular complexity index is 935. The number of hydrogen-bond donors (Lipinski definition) is 0. The molecule has 1 aromatic heterocycles. The smallest absolute Gasteiger partial charge is 0.198 e. The predicted molar refractivity (Wildman–Crippen MR) is 105 cm³/mol. The lowest BCUT2D eigenvalue weighted by Crippen LogP contribution is -2.22. The van der Waals surface area contributed by atoms with E-state index in [-0.39, 0.29) is 17.4 Å². The summed E-state index contributed by atoms with van der Waals surface area (Å²) in [7, 11) is 1.02. The van der Waals surface area contributed by atoms with Crippen LogP contribution in [0.1, 0.15) is 17.8 Å². The standard InChI is InChI=1S/C17H23ClN4O2S2/c1-20(10-13-3-5-15(18)6-4-13)12-22-17(25)21(2)16(19-22)9-14-7-8-26(23,24)11-14/h3-6,14H,7-12H2,1-2H3. The van der Waals surface area contributed by atoms with E-state index in [0.717, 1.165) is 23.0 Å². The summed E-state index contributed by atoms with van der Waals surface area (Å²) >= 11 is 11.4. The van der Waals surface area contributed by atoms with E-state index in [1.165, 1.54) is 0 Å². The van der Waals surface area contributed by atoms with Crippen LogP contribution >= 0.6 is 23.8 Å². The van der Waals surface area contributed by atoms with E-state index in [0.29, 0.717) is 24.3 Å². The Balaban J connectivity index is 1.67. The average Bonchev–Trinajstić information content (AvgIpc) is 3.04. The molecule has 2 heterocycles. The first-order valence-corrected chi connectivity index (χ1v) is 11.1. The summed E-state index contributed by atoms with van der Waals surface area (Å²) in [4.78, 5) is 2.12. The molecule has 0 spiro atoms. The summed E-state index contributed by atoms with van der Waals surface area (Å²) in [6.07, 6.45) is 1.35. The van der Waals surface area contributed by atoms with E-state index in [9.17, 15) is 8.42 Å². The summed E-state index contributed by atoms with van der Waals surface area (Å²) in [5.74, 6) is 1.52. The molecule has 26 heavy (non-hydrogen) atoms. The van der Waals surface area contributed by atoms with Crippen molar-refractivity contribution >= 4 is 33.7 Å². The molecule has 6 nitrogen and oxygen atoms in total. The lowest BCUT2D eigenvalue weighted by molar-refractivity contribution is 0.243. The van der Waals surface area contributed by atoms with Crippen molar-refractivity contribution in [3.8, 4) is 0 Å². The molecule has 0 saturated carbocycles. The van der Waals surface area contributed by atoms with Gasteiger partial charge in [-0.25, -0.2) is 13.1 Å². The van der Waals surface area contributed by atoms with Crippen molar-refractivity contribution < 1.29 is 8.42 Å². The molecule has 1 atom stereocenters. The maximum Gasteiger partial charge on any atom is 0.198 e. The van der Waals surface area contributed by atoms with Crippen molar-refractivity contribution in [2.45, 2.75) is 26.1 Å². The van der Waals surface area contributed by atoms with Gasteiger partial charge in [0.25, 0.3) is 0 Å². The van der Waals surface area contributed by atoms with E-state index in [2.05, 4.69) is 10.00 Å². The second kappa shape index (κ2) is 7.80. The highest BCUT2D eigenvalue weighted by molar-refractivity contribution is 7.91. The fourth-order valence-corrected chi connectivity index (χ4v) is 5.47. The lowest BCUT2D eigenvalue weighted by atomic mass is 10.1. The van der Waals surface area contributed by atoms with Crippen LogP contribution in [0.3, 0.4) is 0 Å². The minimum absolute atomic E-state index is 0.135. The Hall–Kier alpha value is -1.22. The molecule has 142 valence electrons. The zero-order chi connectivity index (χ0) is 18.9. The molecule has 0 aliphatic carbocycles. The van der Waals surface area contributed by atoms with Gasteiger partial charge in [-0.1, -0.05) is 23.7 Å². The van der Waals surface area contributed by atoms with Crippen LogP contribution in [0.25, 0.3) is 0 Å². The van der Waals surface area contributed by atoms with Gasteiger partial charge in [0.2, 0.25) is 0 Å². The first-order chi connectivity index (χ1) is 12.2. The fraction of sp³-hybridized carbons (Fsp3) is 0.529. The molecular formula is C17H23ClN4O2S2. The van der Waals surface area contributed by atoms with Crippen molar-refractivity contribution in [3.63, 3.8) is 0 Å². The molecule has 0 radical (unpaired) electrons. The van der Waals surface area contributed by atoms with E-state index in [4.69, 9.17) is 23.8 Å². The Morgan fingerprint density at radius 2 is 2.04 bits per heavy atom. The molecule has 1 aliphatic rings. The van der Waals surface area contributed by atoms with E-state index in [1.54, 1.807) is 4.68 Å². The molecule has 9 heteroatoms. The van der Waals surface area contributed by atoms with Crippen molar-refractivity contribution in [1.82, 2.24) is 19.2 Å². The molecule has 0 amide bonds. The van der Waals surface area contributed by atoms with Gasteiger partial charge in [0.1, 0.15) is 5.82 Å². The minimum atomic E-state index is -2.88. The predicted octanol–water partition coefficient (Wildman–Crippen LogP) is 2.67. The van der Waals surface area contributed by atoms with Gasteiger partial charge in [-0.3, -0.25) is 4.90 Å². The van der Waals surface area contributed by atoms with E-state index in [1.807, 2.05) is 42.9 Å². The van der Waals surface area contributed by atoms with Gasteiger partial charge in [-0.05, 0) is 49.3 Å². The van der Waals surface area contributed by atoms with Gasteiger partial charge in [-0.15, -0.1) is 0 Å². The summed E-state index contributed by atoms with van der Waals surface area (Å²) in [5, 5.41) is 5.36. The molecule has 1 saturated heterocycles. The summed E-state index contributed by atoms with van der Waals surface area (Å²) in [6, 6.07) is 7.76. The largest absolute Gasteiger partial charge is 0.307 e. The number of hydrogen-bond acceptors (Lipinski definition) is 5. The highest BCUT2D eigenvalue weighted by atomic mass is 35.5. The van der Waals surface area contributed by atoms with Crippen LogP contribution in [0.2, 0.25) is 5.02 Å². The summed E-state index contributed by atoms with van der Waals surface area (Å²) in [6.45, 7) is 1.32. The molecule has 1 aliphatic heterocycles. The number of halogens is 1. The molecule has 1 aromatic carbocycles. The van der Waals surface area contributed by atoms with Crippen molar-refractivity contribution in [2.24, 2.45) is 13.0 Å². The van der Waals surface area contributed by atoms with Crippen LogP contribution in [0.4, 0.5) is 0 Å². The Morgan fingerprint density at radius 1 is 1.35 bits per heavy atom. The molecule has 0 N–H and O–H groups in total. The van der Waals surface area contributed by atoms with Crippen LogP contribution in [0.5, 0.6) is 0 Å². The van der Waals surface area contributed by atoms with Gasteiger partial charge in [-0.2, -0.15) is 5.10 Å². The van der Waals surface area contributed by atoms with Crippen LogP contribution < -0.4 is 0 Å². The van der Waals surface area contributed by atoms with Crippen molar-refractivity contribution in [3.05, 3.63) is 45.4 Å². The van der Waals surface area contributed by atoms with E-state index < -0.39 is 9.84 Å². The van der Waals surface area contributed by atoms with Crippen molar-refractivity contribution in [1.29, 1.82) is 0 Å². The molecular weight excluding hydrogens is 392 g/mol. The topological polar surface area (TPSA) is 60.1 Å². The molecule has 0 bridgehead atoms. The maximum atomic E-state index is 11.7. The number of sulfone groups is 1. The van der Waals surface area contributed by atoms with Gasteiger partial charge >= 0.3 is 0 Å². The fourth-order valence-electron chi connectivity index (χ4n) is 3.27. The maximum absolute atomic E-state index is 11.7. The Morgan fingerprint density at radius 3 is 2.65 bits per heavy atom. The zero-order valence-electron chi connectivity index (χ0n) is 14.9. The Labute approximate surface area is 164 Å². The van der Waals surface area contributed by atoms with E-state index >= 15 is 0 Å². The third-order valence-corrected chi connectivity index (χ3v) is 7.24. The number of aromatic nitrogens is 3. The molecule has 3 rings (SSSR count). The van der Waals surface area contributed by atoms with Gasteiger partial charge in [0.15, 0.2) is 14.6 Å². The molecule has 1 unspecified atom stereocenters. The minimum Gasteiger partial charge on any atom is -0.307 e. The third kappa shape index (κ3) is 4.73. The second-order valence-corrected chi connectivity index (χ2v) is 10.0. The number of nitrogens with zero attached hydrogens (tertiary/aromatic N) is 4. The third-order valence-electron chi connectivity index (χ3n) is 4.67. The summed E-state index contributed by atoms with van der Waals surface area (Å²) < 4.78 is 27.6. The summed E-state index contributed by atoms with van der Waals surface area (Å²) in [5.41, 5.74) is 1.16. The highest BCUT2D eigenvalue weighted by Gasteiger charge is 2.29. The van der Waals surface area contributed by atoms with Crippen LogP contribution in [0, 0.1) is 10.7 Å². The van der Waals surface area contributed by atoms with Gasteiger partial charge in [0, 0.05) is 25.0 Å². The lowest BCUT2D eigenvalue weighted by Gasteiger charge is -2.16. The van der Waals surface area contributed by atoms with Crippen LogP contribution in [0.15, 0.2) is 24.3 Å². The van der Waals surface area contributed by atoms with Crippen LogP contribution in [-0.2, 0) is 36.5 Å². The zero-order valence-corrected chi connectivity index (χ0v) is 17.3. The average molecular weight is 415 g/mol. The normalized spacial score (nSPS) is 19.3. The van der Waals surface area contributed by atoms with Gasteiger partial charge < -0.3 is 4.57 Å². The second-order valence-electron chi connectivity index (χ2n) is 7.01. The first kappa shape index (κ1) is 19.5. The SMILES string of the molecule is CN(Cc1ccc(Cl)cc1)Cn1nc(CC2CCS(=O)(=O)C2)n(C)c1=S. The van der Waals surface area contributed by atoms with Gasteiger partial charge in [0.05, 0.1) is 18.2 Å². The molecule has 2 aromatic rings. The quantitative estimate of drug-likeness (QED) is 0.680. The monoisotopic (exact) mass is 414 g/mol. The first-order valence-electron chi connectivity index (χ1n) is 8.49. The van der Waals surface area contributed by atoms with Crippen LogP contribution in [-0.4, -0.2) is 46.2 Å². The highest BCUT2D eigenvalue weighted by Crippen LogP contribution is 2.22. The molecule has 1 fully saturated rings. The number of rotatable bonds is 6. The number of benzene rings is 1. The van der Waals surface area contributed by atoms with Crippen molar-refractivity contribution in [2.75, 3.05) is 18.6 Å². The Kier molecular flexibility index (Phi) is 5.86.